The molecule has 4 aromatic rings. The van der Waals surface area contributed by atoms with Crippen molar-refractivity contribution in [1.29, 1.82) is 0 Å². The van der Waals surface area contributed by atoms with Crippen LogP contribution in [0.2, 0.25) is 0 Å². The van der Waals surface area contributed by atoms with Gasteiger partial charge in [-0.2, -0.15) is 8.90 Å². The van der Waals surface area contributed by atoms with Crippen LogP contribution in [0.1, 0.15) is 25.6 Å². The molecule has 0 aliphatic heterocycles. The van der Waals surface area contributed by atoms with Gasteiger partial charge in [0.2, 0.25) is 10.9 Å². The van der Waals surface area contributed by atoms with Crippen LogP contribution in [0.3, 0.4) is 0 Å². The Morgan fingerprint density at radius 2 is 1.92 bits per heavy atom. The lowest BCUT2D eigenvalue weighted by molar-refractivity contribution is -0.779. The molecule has 4 rings (SSSR count). The van der Waals surface area contributed by atoms with Gasteiger partial charge in [-0.15, -0.1) is 11.3 Å². The number of fused-ring (bicyclic) bond motifs is 4. The molecule has 26 heavy (non-hydrogen) atoms. The molecule has 0 spiro atoms. The van der Waals surface area contributed by atoms with Gasteiger partial charge in [-0.3, -0.25) is 5.04 Å². The Hall–Kier alpha value is -0.870. The summed E-state index contributed by atoms with van der Waals surface area (Å²) >= 11 is 6.51. The third-order valence-electron chi connectivity index (χ3n) is 4.19. The van der Waals surface area contributed by atoms with E-state index in [4.69, 9.17) is 0 Å². The first-order valence-corrected chi connectivity index (χ1v) is 11.7. The third-order valence-corrected chi connectivity index (χ3v) is 8.48. The molecule has 0 amide bonds. The summed E-state index contributed by atoms with van der Waals surface area (Å²) in [7, 11) is 0. The Balaban J connectivity index is 1.96. The maximum absolute atomic E-state index is 10.3. The van der Waals surface area contributed by atoms with E-state index >= 15 is 0 Å². The summed E-state index contributed by atoms with van der Waals surface area (Å²) in [6, 6.07) is 13.1. The van der Waals surface area contributed by atoms with Crippen LogP contribution in [-0.4, -0.2) is 5.75 Å². The summed E-state index contributed by atoms with van der Waals surface area (Å²) in [5.41, 5.74) is 1.18. The molecule has 0 aliphatic carbocycles. The lowest BCUT2D eigenvalue weighted by Gasteiger charge is -2.10. The maximum atomic E-state index is 10.3. The van der Waals surface area contributed by atoms with E-state index in [-0.39, 0.29) is 5.37 Å². The predicted octanol–water partition coefficient (Wildman–Crippen LogP) is 5.45. The number of nitrogens with zero attached hydrogens (tertiary/aromatic N) is 1. The Morgan fingerprint density at radius 3 is 2.69 bits per heavy atom. The summed E-state index contributed by atoms with van der Waals surface area (Å²) < 4.78 is 12.0. The minimum atomic E-state index is -0.0194. The standard InChI is InChI=1S/C18H17NO3S4/c1-3-17(26-22-21-20)19-13-9-12-11-7-5-6-8-14(11)24-15(12)10-16(13)25-18(19)23-4-2/h5-10,17H,3-4H2,1-2H3. The molecule has 1 unspecified atom stereocenters. The summed E-state index contributed by atoms with van der Waals surface area (Å²) in [6.07, 6.45) is 0.824. The highest BCUT2D eigenvalue weighted by atomic mass is 32.2. The molecule has 0 bridgehead atoms. The molecule has 4 nitrogen and oxygen atoms in total. The van der Waals surface area contributed by atoms with Crippen molar-refractivity contribution in [2.75, 3.05) is 5.75 Å². The molecular weight excluding hydrogens is 406 g/mol. The fourth-order valence-corrected chi connectivity index (χ4v) is 7.42. The molecule has 0 fully saturated rings. The molecule has 0 saturated carbocycles. The summed E-state index contributed by atoms with van der Waals surface area (Å²) in [5.74, 6) is 0.990. The number of rotatable bonds is 7. The molecule has 1 atom stereocenters. The number of benzene rings is 2. The highest BCUT2D eigenvalue weighted by molar-refractivity contribution is 8.01. The molecule has 136 valence electrons. The molecule has 0 N–H and O–H groups in total. The van der Waals surface area contributed by atoms with Crippen molar-refractivity contribution in [1.82, 2.24) is 0 Å². The van der Waals surface area contributed by atoms with Gasteiger partial charge in [0.1, 0.15) is 16.7 Å². The number of aromatic nitrogens is 1. The average Bonchev–Trinajstić information content (AvgIpc) is 3.18. The molecule has 0 radical (unpaired) electrons. The molecule has 0 saturated heterocycles. The van der Waals surface area contributed by atoms with Gasteiger partial charge in [0, 0.05) is 38.4 Å². The van der Waals surface area contributed by atoms with Gasteiger partial charge in [0.15, 0.2) is 0 Å². The van der Waals surface area contributed by atoms with Gasteiger partial charge in [0.25, 0.3) is 4.34 Å². The van der Waals surface area contributed by atoms with Crippen LogP contribution < -0.4 is 9.82 Å². The topological polar surface area (TPSA) is 45.4 Å². The van der Waals surface area contributed by atoms with Gasteiger partial charge in [-0.25, -0.2) is 0 Å². The molecule has 0 aliphatic rings. The Labute approximate surface area is 167 Å². The number of thiophene rings is 1. The number of thioether (sulfide) groups is 1. The smallest absolute Gasteiger partial charge is 0.299 e. The van der Waals surface area contributed by atoms with Crippen molar-refractivity contribution in [3.8, 4) is 0 Å². The van der Waals surface area contributed by atoms with Crippen molar-refractivity contribution in [2.24, 2.45) is 0 Å². The van der Waals surface area contributed by atoms with E-state index in [1.54, 1.807) is 11.3 Å². The highest BCUT2D eigenvalue weighted by Gasteiger charge is 2.30. The largest absolute Gasteiger partial charge is 0.691 e. The van der Waals surface area contributed by atoms with Crippen LogP contribution in [-0.2, 0) is 9.37 Å². The maximum Gasteiger partial charge on any atom is 0.299 e. The van der Waals surface area contributed by atoms with Crippen LogP contribution in [0.5, 0.6) is 0 Å². The Bertz CT molecular complexity index is 1060. The second kappa shape index (κ2) is 8.02. The van der Waals surface area contributed by atoms with Crippen LogP contribution in [0.4, 0.5) is 0 Å². The fraction of sp³-hybridized carbons (Fsp3) is 0.278. The average molecular weight is 424 g/mol. The first-order chi connectivity index (χ1) is 12.8. The van der Waals surface area contributed by atoms with Crippen LogP contribution in [0.25, 0.3) is 30.4 Å². The number of hydrogen-bond acceptors (Lipinski definition) is 7. The molecule has 2 heterocycles. The molecule has 2 aromatic carbocycles. The van der Waals surface area contributed by atoms with Gasteiger partial charge in [0.05, 0.1) is 0 Å². The number of hydrogen-bond donors (Lipinski definition) is 0. The van der Waals surface area contributed by atoms with Crippen molar-refractivity contribution in [3.05, 3.63) is 36.4 Å². The minimum Gasteiger partial charge on any atom is -0.691 e. The summed E-state index contributed by atoms with van der Waals surface area (Å²) in [5, 5.41) is 16.5. The minimum absolute atomic E-state index is 0.0194. The Kier molecular flexibility index (Phi) is 5.70. The lowest BCUT2D eigenvalue weighted by Crippen LogP contribution is -2.38. The van der Waals surface area contributed by atoms with E-state index in [2.05, 4.69) is 64.2 Å². The van der Waals surface area contributed by atoms with Crippen LogP contribution >= 0.6 is 46.5 Å². The highest BCUT2D eigenvalue weighted by Crippen LogP contribution is 2.40. The third kappa shape index (κ3) is 3.24. The zero-order chi connectivity index (χ0) is 18.1. The van der Waals surface area contributed by atoms with E-state index < -0.39 is 0 Å². The quantitative estimate of drug-likeness (QED) is 0.130. The second-order valence-electron chi connectivity index (χ2n) is 5.68. The molecule has 2 aromatic heterocycles. The lowest BCUT2D eigenvalue weighted by atomic mass is 10.1. The van der Waals surface area contributed by atoms with Gasteiger partial charge in [-0.1, -0.05) is 43.4 Å². The first-order valence-electron chi connectivity index (χ1n) is 8.30. The predicted molar refractivity (Wildman–Crippen MR) is 110 cm³/mol. The van der Waals surface area contributed by atoms with Crippen molar-refractivity contribution in [3.63, 3.8) is 0 Å². The molecule has 8 heteroatoms. The first kappa shape index (κ1) is 18.5. The zero-order valence-corrected chi connectivity index (χ0v) is 17.5. The normalized spacial score (nSPS) is 13.2. The van der Waals surface area contributed by atoms with Crippen molar-refractivity contribution < 1.29 is 19.2 Å². The van der Waals surface area contributed by atoms with E-state index in [1.165, 1.54) is 34.7 Å². The van der Waals surface area contributed by atoms with Crippen LogP contribution in [0, 0.1) is 0 Å². The van der Waals surface area contributed by atoms with Gasteiger partial charge < -0.3 is 5.26 Å². The van der Waals surface area contributed by atoms with E-state index in [0.29, 0.717) is 0 Å². The summed E-state index contributed by atoms with van der Waals surface area (Å²) in [6.45, 7) is 4.23. The van der Waals surface area contributed by atoms with Crippen LogP contribution in [0.15, 0.2) is 40.7 Å². The van der Waals surface area contributed by atoms with Gasteiger partial charge in [-0.05, 0) is 23.9 Å². The Morgan fingerprint density at radius 1 is 1.08 bits per heavy atom. The van der Waals surface area contributed by atoms with Crippen molar-refractivity contribution >= 4 is 76.9 Å². The second-order valence-corrected chi connectivity index (χ2v) is 10.2. The zero-order valence-electron chi connectivity index (χ0n) is 14.3. The van der Waals surface area contributed by atoms with Crippen molar-refractivity contribution in [2.45, 2.75) is 30.0 Å². The van der Waals surface area contributed by atoms with Gasteiger partial charge >= 0.3 is 0 Å². The fourth-order valence-electron chi connectivity index (χ4n) is 3.10. The molecular formula is C18H17NO3S4. The number of thiazole rings is 1. The van der Waals surface area contributed by atoms with E-state index in [9.17, 15) is 5.26 Å². The monoisotopic (exact) mass is 423 g/mol. The summed E-state index contributed by atoms with van der Waals surface area (Å²) in [4.78, 5) is 0. The van der Waals surface area contributed by atoms with E-state index in [0.717, 1.165) is 24.2 Å². The SMILES string of the molecule is CCSc1sc2cc3sc4ccccc4c3cc2[n+]1C(CC)SOO[O-]. The van der Waals surface area contributed by atoms with E-state index in [1.807, 2.05) is 23.1 Å².